The van der Waals surface area contributed by atoms with Crippen molar-refractivity contribution in [3.63, 3.8) is 0 Å². The van der Waals surface area contributed by atoms with Crippen LogP contribution in [-0.2, 0) is 4.79 Å². The second kappa shape index (κ2) is 9.01. The van der Waals surface area contributed by atoms with Crippen LogP contribution in [0.2, 0.25) is 0 Å². The lowest BCUT2D eigenvalue weighted by Gasteiger charge is -2.32. The lowest BCUT2D eigenvalue weighted by molar-refractivity contribution is -0.125. The van der Waals surface area contributed by atoms with E-state index in [0.717, 1.165) is 31.8 Å². The monoisotopic (exact) mass is 311 g/mol. The molecule has 1 aliphatic carbocycles. The van der Waals surface area contributed by atoms with Crippen molar-refractivity contribution < 1.29 is 4.79 Å². The fraction of sp³-hybridized carbons (Fsp3) is 0.923. The second-order valence-electron chi connectivity index (χ2n) is 5.66. The van der Waals surface area contributed by atoms with Gasteiger partial charge in [-0.05, 0) is 31.6 Å². The van der Waals surface area contributed by atoms with Crippen LogP contribution in [0.3, 0.4) is 0 Å². The van der Waals surface area contributed by atoms with Crippen molar-refractivity contribution in [2.75, 3.05) is 26.2 Å². The van der Waals surface area contributed by atoms with E-state index in [2.05, 4.69) is 10.2 Å². The van der Waals surface area contributed by atoms with Crippen LogP contribution >= 0.6 is 24.8 Å². The summed E-state index contributed by atoms with van der Waals surface area (Å²) < 4.78 is 0. The van der Waals surface area contributed by atoms with Crippen LogP contribution < -0.4 is 11.1 Å². The highest BCUT2D eigenvalue weighted by molar-refractivity contribution is 5.85. The molecule has 0 aromatic heterocycles. The van der Waals surface area contributed by atoms with Gasteiger partial charge in [0.15, 0.2) is 0 Å². The first-order valence-corrected chi connectivity index (χ1v) is 6.92. The Kier molecular flexibility index (Phi) is 8.99. The van der Waals surface area contributed by atoms with Gasteiger partial charge in [0.05, 0.1) is 0 Å². The van der Waals surface area contributed by atoms with Crippen LogP contribution in [0.1, 0.15) is 32.6 Å². The van der Waals surface area contributed by atoms with Gasteiger partial charge in [-0.2, -0.15) is 0 Å². The maximum absolute atomic E-state index is 11.7. The molecule has 114 valence electrons. The van der Waals surface area contributed by atoms with Crippen molar-refractivity contribution >= 4 is 30.7 Å². The standard InChI is InChI=1S/C13H25N3O.2ClH/c1-10(8-14)13(17)15-12-4-6-16(7-5-12)9-11-2-3-11;;/h10-12H,2-9,14H2,1H3,(H,15,17);2*1H. The predicted molar refractivity (Wildman–Crippen MR) is 83.0 cm³/mol. The van der Waals surface area contributed by atoms with Crippen LogP contribution in [0.15, 0.2) is 0 Å². The molecule has 0 aromatic rings. The van der Waals surface area contributed by atoms with E-state index in [1.54, 1.807) is 0 Å². The van der Waals surface area contributed by atoms with E-state index < -0.39 is 0 Å². The third-order valence-electron chi connectivity index (χ3n) is 3.95. The minimum atomic E-state index is -0.0560. The number of carbonyl (C=O) groups is 1. The molecule has 2 aliphatic rings. The molecule has 1 unspecified atom stereocenters. The quantitative estimate of drug-likeness (QED) is 0.807. The number of nitrogens with two attached hydrogens (primary N) is 1. The third-order valence-corrected chi connectivity index (χ3v) is 3.95. The van der Waals surface area contributed by atoms with Crippen LogP contribution in [0.5, 0.6) is 0 Å². The summed E-state index contributed by atoms with van der Waals surface area (Å²) in [6, 6.07) is 0.368. The topological polar surface area (TPSA) is 58.4 Å². The van der Waals surface area contributed by atoms with Crippen LogP contribution in [0.4, 0.5) is 0 Å². The first kappa shape index (κ1) is 19.0. The van der Waals surface area contributed by atoms with E-state index >= 15 is 0 Å². The minimum Gasteiger partial charge on any atom is -0.353 e. The summed E-state index contributed by atoms with van der Waals surface area (Å²) >= 11 is 0. The third kappa shape index (κ3) is 6.30. The molecule has 0 aromatic carbocycles. The Morgan fingerprint density at radius 1 is 1.26 bits per heavy atom. The summed E-state index contributed by atoms with van der Waals surface area (Å²) in [5.41, 5.74) is 5.49. The Bertz CT molecular complexity index is 267. The molecule has 2 rings (SSSR count). The van der Waals surface area contributed by atoms with Crippen molar-refractivity contribution in [2.45, 2.75) is 38.6 Å². The fourth-order valence-electron chi connectivity index (χ4n) is 2.38. The highest BCUT2D eigenvalue weighted by atomic mass is 35.5. The summed E-state index contributed by atoms with van der Waals surface area (Å²) in [5, 5.41) is 3.11. The molecule has 1 heterocycles. The van der Waals surface area contributed by atoms with E-state index in [1.165, 1.54) is 19.4 Å². The molecule has 6 heteroatoms. The smallest absolute Gasteiger partial charge is 0.224 e. The number of nitrogens with zero attached hydrogens (tertiary/aromatic N) is 1. The molecule has 0 bridgehead atoms. The number of rotatable bonds is 5. The molecule has 1 atom stereocenters. The number of hydrogen-bond acceptors (Lipinski definition) is 3. The molecule has 1 amide bonds. The normalized spacial score (nSPS) is 22.0. The molecule has 3 N–H and O–H groups in total. The molecule has 1 saturated carbocycles. The number of carbonyl (C=O) groups excluding carboxylic acids is 1. The Labute approximate surface area is 128 Å². The minimum absolute atomic E-state index is 0. The van der Waals surface area contributed by atoms with E-state index in [-0.39, 0.29) is 36.6 Å². The van der Waals surface area contributed by atoms with E-state index in [4.69, 9.17) is 5.73 Å². The Morgan fingerprint density at radius 2 is 1.84 bits per heavy atom. The SMILES string of the molecule is CC(CN)C(=O)NC1CCN(CC2CC2)CC1.Cl.Cl. The highest BCUT2D eigenvalue weighted by Gasteiger charge is 2.27. The number of piperidine rings is 1. The first-order valence-electron chi connectivity index (χ1n) is 6.92. The largest absolute Gasteiger partial charge is 0.353 e. The fourth-order valence-corrected chi connectivity index (χ4v) is 2.38. The van der Waals surface area contributed by atoms with Gasteiger partial charge in [-0.25, -0.2) is 0 Å². The van der Waals surface area contributed by atoms with E-state index in [1.807, 2.05) is 6.92 Å². The van der Waals surface area contributed by atoms with Gasteiger partial charge in [-0.3, -0.25) is 4.79 Å². The summed E-state index contributed by atoms with van der Waals surface area (Å²) in [6.07, 6.45) is 5.03. The summed E-state index contributed by atoms with van der Waals surface area (Å²) in [6.45, 7) is 5.88. The summed E-state index contributed by atoms with van der Waals surface area (Å²) in [7, 11) is 0. The van der Waals surface area contributed by atoms with Crippen molar-refractivity contribution in [3.8, 4) is 0 Å². The molecular weight excluding hydrogens is 285 g/mol. The second-order valence-corrected chi connectivity index (χ2v) is 5.66. The number of amides is 1. The molecular formula is C13H27Cl2N3O. The first-order chi connectivity index (χ1) is 8.19. The van der Waals surface area contributed by atoms with Gasteiger partial charge in [-0.15, -0.1) is 24.8 Å². The zero-order valence-corrected chi connectivity index (χ0v) is 13.3. The van der Waals surface area contributed by atoms with Gasteiger partial charge in [-0.1, -0.05) is 6.92 Å². The maximum Gasteiger partial charge on any atom is 0.224 e. The molecule has 4 nitrogen and oxygen atoms in total. The Balaban J connectivity index is 0.00000162. The van der Waals surface area contributed by atoms with Crippen molar-refractivity contribution in [1.29, 1.82) is 0 Å². The van der Waals surface area contributed by atoms with Crippen LogP contribution in [0, 0.1) is 11.8 Å². The average Bonchev–Trinajstić information content (AvgIpc) is 3.14. The predicted octanol–water partition coefficient (Wildman–Crippen LogP) is 1.42. The molecule has 1 aliphatic heterocycles. The zero-order chi connectivity index (χ0) is 12.3. The number of nitrogens with one attached hydrogen (secondary N) is 1. The van der Waals surface area contributed by atoms with Crippen LogP contribution in [-0.4, -0.2) is 43.0 Å². The lowest BCUT2D eigenvalue weighted by Crippen LogP contribution is -2.47. The average molecular weight is 312 g/mol. The Morgan fingerprint density at radius 3 is 2.32 bits per heavy atom. The Hall–Kier alpha value is -0.0300. The number of hydrogen-bond donors (Lipinski definition) is 2. The van der Waals surface area contributed by atoms with Gasteiger partial charge in [0.2, 0.25) is 5.91 Å². The van der Waals surface area contributed by atoms with Gasteiger partial charge < -0.3 is 16.0 Å². The summed E-state index contributed by atoms with van der Waals surface area (Å²) in [5.74, 6) is 1.03. The molecule has 1 saturated heterocycles. The van der Waals surface area contributed by atoms with Crippen molar-refractivity contribution in [3.05, 3.63) is 0 Å². The molecule has 0 spiro atoms. The van der Waals surface area contributed by atoms with E-state index in [9.17, 15) is 4.79 Å². The zero-order valence-electron chi connectivity index (χ0n) is 11.6. The van der Waals surface area contributed by atoms with E-state index in [0.29, 0.717) is 12.6 Å². The molecule has 0 radical (unpaired) electrons. The summed E-state index contributed by atoms with van der Waals surface area (Å²) in [4.78, 5) is 14.3. The van der Waals surface area contributed by atoms with Gasteiger partial charge in [0, 0.05) is 38.1 Å². The maximum atomic E-state index is 11.7. The van der Waals surface area contributed by atoms with Gasteiger partial charge in [0.25, 0.3) is 0 Å². The van der Waals surface area contributed by atoms with Crippen molar-refractivity contribution in [2.24, 2.45) is 17.6 Å². The van der Waals surface area contributed by atoms with Crippen molar-refractivity contribution in [1.82, 2.24) is 10.2 Å². The lowest BCUT2D eigenvalue weighted by atomic mass is 10.0. The number of likely N-dealkylation sites (tertiary alicyclic amines) is 1. The van der Waals surface area contributed by atoms with Crippen LogP contribution in [0.25, 0.3) is 0 Å². The molecule has 19 heavy (non-hydrogen) atoms. The number of halogens is 2. The highest BCUT2D eigenvalue weighted by Crippen LogP contribution is 2.30. The van der Waals surface area contributed by atoms with Gasteiger partial charge >= 0.3 is 0 Å². The molecule has 2 fully saturated rings. The van der Waals surface area contributed by atoms with Gasteiger partial charge in [0.1, 0.15) is 0 Å².